The molecule has 0 spiro atoms. The number of rotatable bonds is 4. The number of halogens is 1. The first-order chi connectivity index (χ1) is 18.5. The maximum absolute atomic E-state index is 13.4. The molecule has 0 unspecified atom stereocenters. The molecule has 2 saturated heterocycles. The number of aromatic nitrogens is 1. The molecule has 0 radical (unpaired) electrons. The number of nitrogens with two attached hydrogens (primary N) is 1. The van der Waals surface area contributed by atoms with Crippen molar-refractivity contribution in [3.8, 4) is 17.9 Å². The monoisotopic (exact) mass is 538 g/mol. The smallest absolute Gasteiger partial charge is 0.255 e. The van der Waals surface area contributed by atoms with E-state index in [1.54, 1.807) is 24.4 Å². The number of nitrogen functional groups attached to an aromatic ring is 1. The van der Waals surface area contributed by atoms with Gasteiger partial charge in [0, 0.05) is 59.4 Å². The van der Waals surface area contributed by atoms with Gasteiger partial charge in [-0.1, -0.05) is 29.5 Å². The number of nitrogens with one attached hydrogen (secondary N) is 1. The second-order valence-corrected chi connectivity index (χ2v) is 11.4. The van der Waals surface area contributed by atoms with E-state index < -0.39 is 5.41 Å². The van der Waals surface area contributed by atoms with Gasteiger partial charge >= 0.3 is 0 Å². The van der Waals surface area contributed by atoms with Crippen LogP contribution >= 0.6 is 11.6 Å². The molecule has 2 bridgehead atoms. The quantitative estimate of drug-likeness (QED) is 0.455. The number of nitriles is 1. The first-order valence-corrected chi connectivity index (χ1v) is 13.3. The van der Waals surface area contributed by atoms with Gasteiger partial charge in [0.1, 0.15) is 5.82 Å². The summed E-state index contributed by atoms with van der Waals surface area (Å²) >= 11 is 6.07. The zero-order valence-electron chi connectivity index (χ0n) is 22.5. The van der Waals surface area contributed by atoms with Crippen molar-refractivity contribution < 1.29 is 4.79 Å². The number of carbonyl (C=O) groups excluding carboxylic acids is 1. The second-order valence-electron chi connectivity index (χ2n) is 11.0. The van der Waals surface area contributed by atoms with Crippen molar-refractivity contribution in [3.05, 3.63) is 81.5 Å². The molecule has 39 heavy (non-hydrogen) atoms. The van der Waals surface area contributed by atoms with Crippen LogP contribution in [0.1, 0.15) is 52.9 Å². The molecule has 2 aromatic carbocycles. The largest absolute Gasteiger partial charge is 0.382 e. The number of nitrogens with zero attached hydrogens (tertiary/aromatic N) is 4. The fourth-order valence-corrected chi connectivity index (χ4v) is 5.38. The molecule has 2 atom stereocenters. The molecular formula is C31H31ClN6O. The van der Waals surface area contributed by atoms with Gasteiger partial charge in [0.25, 0.3) is 5.91 Å². The van der Waals surface area contributed by atoms with Crippen LogP contribution < -0.4 is 16.0 Å². The molecule has 2 aliphatic heterocycles. The van der Waals surface area contributed by atoms with E-state index in [0.29, 0.717) is 33.9 Å². The lowest BCUT2D eigenvalue weighted by Gasteiger charge is -2.34. The van der Waals surface area contributed by atoms with Crippen molar-refractivity contribution >= 4 is 34.7 Å². The van der Waals surface area contributed by atoms with Crippen LogP contribution in [0.4, 0.5) is 17.2 Å². The lowest BCUT2D eigenvalue weighted by atomic mass is 9.85. The summed E-state index contributed by atoms with van der Waals surface area (Å²) in [7, 11) is 2.17. The van der Waals surface area contributed by atoms with Crippen molar-refractivity contribution in [2.75, 3.05) is 36.1 Å². The van der Waals surface area contributed by atoms with Crippen molar-refractivity contribution in [3.63, 3.8) is 0 Å². The summed E-state index contributed by atoms with van der Waals surface area (Å²) < 4.78 is 0. The average molecular weight is 539 g/mol. The number of benzene rings is 2. The molecular weight excluding hydrogens is 508 g/mol. The SMILES string of the molecule is Cc1ccc(C(=O)Nc2cc(N3C[C@@H]4C[C@H]3CN4C)cc(C(C)(C)C#N)c2)cc1C#Cc1cnc(N)c(Cl)c1. The minimum Gasteiger partial charge on any atom is -0.382 e. The Balaban J connectivity index is 1.42. The number of hydrogen-bond donors (Lipinski definition) is 2. The summed E-state index contributed by atoms with van der Waals surface area (Å²) in [5, 5.41) is 13.2. The number of likely N-dealkylation sites (tertiary alicyclic amines) is 1. The maximum Gasteiger partial charge on any atom is 0.255 e. The standard InChI is InChI=1S/C31H31ClN6O/c1-19-5-7-22(10-21(19)8-6-20-9-28(32)29(34)35-15-20)30(39)36-24-11-23(31(2,3)18-33)12-25(13-24)38-17-26-14-27(38)16-37(26)4/h5,7,9-13,15,26-27H,14,16-17H2,1-4H3,(H2,34,35)(H,36,39)/t26-,27-/m0/s1. The van der Waals surface area contributed by atoms with E-state index >= 15 is 0 Å². The first-order valence-electron chi connectivity index (χ1n) is 12.9. The minimum absolute atomic E-state index is 0.240. The van der Waals surface area contributed by atoms with Crippen LogP contribution in [0.3, 0.4) is 0 Å². The predicted molar refractivity (Wildman–Crippen MR) is 156 cm³/mol. The number of carbonyl (C=O) groups is 1. The summed E-state index contributed by atoms with van der Waals surface area (Å²) in [6.07, 6.45) is 2.70. The van der Waals surface area contributed by atoms with Crippen LogP contribution in [0.5, 0.6) is 0 Å². The molecule has 2 fully saturated rings. The molecule has 2 aliphatic rings. The van der Waals surface area contributed by atoms with Gasteiger partial charge in [-0.05, 0) is 81.8 Å². The lowest BCUT2D eigenvalue weighted by molar-refractivity contribution is 0.102. The van der Waals surface area contributed by atoms with Crippen LogP contribution in [-0.4, -0.2) is 48.0 Å². The zero-order chi connectivity index (χ0) is 27.9. The van der Waals surface area contributed by atoms with Gasteiger partial charge in [0.15, 0.2) is 0 Å². The molecule has 3 N–H and O–H groups in total. The van der Waals surface area contributed by atoms with Gasteiger partial charge in [-0.25, -0.2) is 4.98 Å². The third-order valence-corrected chi connectivity index (χ3v) is 8.04. The molecule has 5 rings (SSSR count). The van der Waals surface area contributed by atoms with E-state index in [-0.39, 0.29) is 11.7 Å². The third kappa shape index (κ3) is 5.43. The highest BCUT2D eigenvalue weighted by Crippen LogP contribution is 2.37. The Hall–Kier alpha value is -4.04. The molecule has 0 aliphatic carbocycles. The topological polar surface area (TPSA) is 98.3 Å². The first kappa shape index (κ1) is 26.6. The Bertz CT molecular complexity index is 1560. The summed E-state index contributed by atoms with van der Waals surface area (Å²) in [6.45, 7) is 7.71. The summed E-state index contributed by atoms with van der Waals surface area (Å²) in [5.41, 5.74) is 10.4. The highest BCUT2D eigenvalue weighted by molar-refractivity contribution is 6.32. The predicted octanol–water partition coefficient (Wildman–Crippen LogP) is 4.97. The number of piperazine rings is 1. The molecule has 1 amide bonds. The van der Waals surface area contributed by atoms with Crippen molar-refractivity contribution in [2.45, 2.75) is 44.7 Å². The van der Waals surface area contributed by atoms with Crippen LogP contribution in [0.25, 0.3) is 0 Å². The Kier molecular flexibility index (Phi) is 6.99. The van der Waals surface area contributed by atoms with Crippen LogP contribution in [0, 0.1) is 30.1 Å². The van der Waals surface area contributed by atoms with Crippen molar-refractivity contribution in [1.82, 2.24) is 9.88 Å². The Morgan fingerprint density at radius 2 is 1.95 bits per heavy atom. The number of hydrogen-bond acceptors (Lipinski definition) is 6. The van der Waals surface area contributed by atoms with Crippen molar-refractivity contribution in [2.24, 2.45) is 0 Å². The van der Waals surface area contributed by atoms with Crippen LogP contribution in [-0.2, 0) is 5.41 Å². The Morgan fingerprint density at radius 1 is 1.15 bits per heavy atom. The van der Waals surface area contributed by atoms with E-state index in [0.717, 1.165) is 41.9 Å². The zero-order valence-corrected chi connectivity index (χ0v) is 23.3. The summed E-state index contributed by atoms with van der Waals surface area (Å²) in [4.78, 5) is 22.2. The molecule has 198 valence electrons. The van der Waals surface area contributed by atoms with E-state index in [1.165, 1.54) is 0 Å². The number of likely N-dealkylation sites (N-methyl/N-ethyl adjacent to an activating group) is 1. The fourth-order valence-electron chi connectivity index (χ4n) is 5.21. The molecule has 1 aromatic heterocycles. The molecule has 0 saturated carbocycles. The highest BCUT2D eigenvalue weighted by Gasteiger charge is 2.41. The molecule has 7 nitrogen and oxygen atoms in total. The van der Waals surface area contributed by atoms with Gasteiger partial charge in [0.2, 0.25) is 0 Å². The second kappa shape index (κ2) is 10.3. The van der Waals surface area contributed by atoms with E-state index in [1.807, 2.05) is 39.0 Å². The van der Waals surface area contributed by atoms with Gasteiger partial charge in [-0.2, -0.15) is 5.26 Å². The fraction of sp³-hybridized carbons (Fsp3) is 0.323. The number of amides is 1. The van der Waals surface area contributed by atoms with Crippen LogP contribution in [0.2, 0.25) is 5.02 Å². The summed E-state index contributed by atoms with van der Waals surface area (Å²) in [5.74, 6) is 6.18. The Labute approximate surface area is 234 Å². The van der Waals surface area contributed by atoms with Crippen molar-refractivity contribution in [1.29, 1.82) is 5.26 Å². The number of pyridine rings is 1. The normalized spacial score (nSPS) is 18.4. The van der Waals surface area contributed by atoms with E-state index in [4.69, 9.17) is 17.3 Å². The lowest BCUT2D eigenvalue weighted by Crippen LogP contribution is -2.44. The molecule has 3 heterocycles. The highest BCUT2D eigenvalue weighted by atomic mass is 35.5. The average Bonchev–Trinajstić information content (AvgIpc) is 3.49. The maximum atomic E-state index is 13.4. The Morgan fingerprint density at radius 3 is 2.62 bits per heavy atom. The summed E-state index contributed by atoms with van der Waals surface area (Å²) in [6, 6.07) is 16.5. The molecule has 3 aromatic rings. The molecule has 8 heteroatoms. The van der Waals surface area contributed by atoms with Crippen LogP contribution in [0.15, 0.2) is 48.7 Å². The third-order valence-electron chi connectivity index (χ3n) is 7.73. The van der Waals surface area contributed by atoms with Gasteiger partial charge in [-0.15, -0.1) is 0 Å². The number of anilines is 3. The van der Waals surface area contributed by atoms with Gasteiger partial charge in [0.05, 0.1) is 16.5 Å². The minimum atomic E-state index is -0.697. The van der Waals surface area contributed by atoms with Gasteiger partial charge < -0.3 is 16.0 Å². The van der Waals surface area contributed by atoms with E-state index in [2.05, 4.69) is 51.1 Å². The number of fused-ring (bicyclic) bond motifs is 2. The van der Waals surface area contributed by atoms with Gasteiger partial charge in [-0.3, -0.25) is 9.69 Å². The van der Waals surface area contributed by atoms with E-state index in [9.17, 15) is 10.1 Å². The number of aryl methyl sites for hydroxylation is 1.